The molecular formula is C17H13Cl2N3OS. The van der Waals surface area contributed by atoms with Gasteiger partial charge in [0.2, 0.25) is 5.91 Å². The molecule has 1 N–H and O–H groups in total. The highest BCUT2D eigenvalue weighted by atomic mass is 35.5. The first-order valence-electron chi connectivity index (χ1n) is 7.19. The topological polar surface area (TPSA) is 54.9 Å². The van der Waals surface area contributed by atoms with Crippen LogP contribution in [0, 0.1) is 0 Å². The van der Waals surface area contributed by atoms with Crippen LogP contribution in [0.4, 0.5) is 0 Å². The minimum atomic E-state index is -0.0823. The first-order chi connectivity index (χ1) is 11.6. The Morgan fingerprint density at radius 2 is 1.88 bits per heavy atom. The molecule has 0 saturated heterocycles. The Hall–Kier alpha value is -1.95. The van der Waals surface area contributed by atoms with E-state index in [9.17, 15) is 4.79 Å². The van der Waals surface area contributed by atoms with Crippen molar-refractivity contribution in [3.63, 3.8) is 0 Å². The van der Waals surface area contributed by atoms with Crippen LogP contribution in [0.5, 0.6) is 0 Å². The van der Waals surface area contributed by atoms with Crippen LogP contribution in [0.1, 0.15) is 10.6 Å². The molecule has 0 unspecified atom stereocenters. The molecule has 1 aromatic carbocycles. The number of pyridine rings is 1. The van der Waals surface area contributed by atoms with Gasteiger partial charge in [-0.05, 0) is 24.3 Å². The number of rotatable bonds is 5. The molecule has 0 aliphatic carbocycles. The molecule has 0 aliphatic rings. The third kappa shape index (κ3) is 4.12. The van der Waals surface area contributed by atoms with Gasteiger partial charge in [-0.3, -0.25) is 9.78 Å². The summed E-state index contributed by atoms with van der Waals surface area (Å²) in [5.74, 6) is -0.0823. The van der Waals surface area contributed by atoms with E-state index in [-0.39, 0.29) is 12.3 Å². The summed E-state index contributed by atoms with van der Waals surface area (Å²) >= 11 is 13.8. The van der Waals surface area contributed by atoms with Crippen molar-refractivity contribution in [1.29, 1.82) is 0 Å². The van der Waals surface area contributed by atoms with Gasteiger partial charge >= 0.3 is 0 Å². The zero-order valence-electron chi connectivity index (χ0n) is 12.5. The van der Waals surface area contributed by atoms with Crippen molar-refractivity contribution in [2.75, 3.05) is 0 Å². The number of benzene rings is 1. The van der Waals surface area contributed by atoms with Gasteiger partial charge in [-0.25, -0.2) is 4.98 Å². The van der Waals surface area contributed by atoms with Gasteiger partial charge in [0, 0.05) is 22.8 Å². The first kappa shape index (κ1) is 16.9. The number of hydrogen-bond donors (Lipinski definition) is 1. The Labute approximate surface area is 153 Å². The maximum absolute atomic E-state index is 12.1. The number of carbonyl (C=O) groups excluding carboxylic acids is 1. The van der Waals surface area contributed by atoms with Crippen LogP contribution in [-0.4, -0.2) is 15.9 Å². The van der Waals surface area contributed by atoms with E-state index in [0.29, 0.717) is 27.2 Å². The van der Waals surface area contributed by atoms with Crippen molar-refractivity contribution in [3.8, 4) is 10.6 Å². The van der Waals surface area contributed by atoms with Crippen molar-refractivity contribution < 1.29 is 4.79 Å². The predicted molar refractivity (Wildman–Crippen MR) is 97.4 cm³/mol. The number of halogens is 2. The number of nitrogens with one attached hydrogen (secondary N) is 1. The highest BCUT2D eigenvalue weighted by molar-refractivity contribution is 7.15. The summed E-state index contributed by atoms with van der Waals surface area (Å²) in [6.45, 7) is 0.404. The Morgan fingerprint density at radius 1 is 1.08 bits per heavy atom. The van der Waals surface area contributed by atoms with Gasteiger partial charge < -0.3 is 5.32 Å². The van der Waals surface area contributed by atoms with E-state index in [2.05, 4.69) is 15.3 Å². The summed E-state index contributed by atoms with van der Waals surface area (Å²) in [6, 6.07) is 10.9. The molecule has 0 aliphatic heterocycles. The van der Waals surface area contributed by atoms with Crippen molar-refractivity contribution >= 4 is 40.4 Å². The molecule has 0 fully saturated rings. The second-order valence-corrected chi connectivity index (χ2v) is 6.93. The van der Waals surface area contributed by atoms with E-state index in [4.69, 9.17) is 23.2 Å². The summed E-state index contributed by atoms with van der Waals surface area (Å²) in [6.07, 6.45) is 3.64. The van der Waals surface area contributed by atoms with Crippen LogP contribution >= 0.6 is 34.5 Å². The maximum atomic E-state index is 12.1. The van der Waals surface area contributed by atoms with E-state index in [0.717, 1.165) is 10.6 Å². The minimum Gasteiger partial charge on any atom is -0.350 e. The normalized spacial score (nSPS) is 10.6. The molecule has 0 atom stereocenters. The number of aromatic nitrogens is 2. The van der Waals surface area contributed by atoms with Crippen LogP contribution < -0.4 is 5.32 Å². The Morgan fingerprint density at radius 3 is 2.58 bits per heavy atom. The average Bonchev–Trinajstić information content (AvgIpc) is 3.02. The lowest BCUT2D eigenvalue weighted by atomic mass is 10.2. The number of amides is 1. The van der Waals surface area contributed by atoms with Gasteiger partial charge in [0.15, 0.2) is 0 Å². The van der Waals surface area contributed by atoms with Crippen molar-refractivity contribution in [3.05, 3.63) is 69.4 Å². The van der Waals surface area contributed by atoms with Crippen LogP contribution in [0.25, 0.3) is 10.6 Å². The summed E-state index contributed by atoms with van der Waals surface area (Å²) < 4.78 is 0. The first-order valence-corrected chi connectivity index (χ1v) is 8.76. The second kappa shape index (κ2) is 7.75. The molecule has 0 spiro atoms. The fourth-order valence-electron chi connectivity index (χ4n) is 2.12. The highest BCUT2D eigenvalue weighted by Crippen LogP contribution is 2.36. The molecule has 24 heavy (non-hydrogen) atoms. The van der Waals surface area contributed by atoms with Gasteiger partial charge in [-0.15, -0.1) is 11.3 Å². The monoisotopic (exact) mass is 377 g/mol. The summed E-state index contributed by atoms with van der Waals surface area (Å²) in [5.41, 5.74) is 1.52. The summed E-state index contributed by atoms with van der Waals surface area (Å²) in [5, 5.41) is 4.64. The maximum Gasteiger partial charge on any atom is 0.225 e. The van der Waals surface area contributed by atoms with Crippen LogP contribution in [0.3, 0.4) is 0 Å². The largest absolute Gasteiger partial charge is 0.350 e. The zero-order chi connectivity index (χ0) is 16.9. The molecule has 7 heteroatoms. The quantitative estimate of drug-likeness (QED) is 0.717. The molecule has 0 radical (unpaired) electrons. The summed E-state index contributed by atoms with van der Waals surface area (Å²) in [7, 11) is 0. The van der Waals surface area contributed by atoms with E-state index < -0.39 is 0 Å². The molecule has 0 bridgehead atoms. The van der Waals surface area contributed by atoms with Crippen LogP contribution in [-0.2, 0) is 17.8 Å². The standard InChI is InChI=1S/C17H13Cl2N3OS/c18-13-5-3-6-14(19)16(13)17-22-10-12(24-17)8-15(23)21-9-11-4-1-2-7-20-11/h1-7,10H,8-9H2,(H,21,23). The number of hydrogen-bond acceptors (Lipinski definition) is 4. The van der Waals surface area contributed by atoms with Gasteiger partial charge in [0.1, 0.15) is 5.01 Å². The Kier molecular flexibility index (Phi) is 5.45. The smallest absolute Gasteiger partial charge is 0.225 e. The molecule has 122 valence electrons. The molecule has 0 saturated carbocycles. The molecule has 2 heterocycles. The van der Waals surface area contributed by atoms with E-state index in [1.165, 1.54) is 11.3 Å². The number of nitrogens with zero attached hydrogens (tertiary/aromatic N) is 2. The summed E-state index contributed by atoms with van der Waals surface area (Å²) in [4.78, 5) is 21.4. The predicted octanol–water partition coefficient (Wildman–Crippen LogP) is 4.37. The van der Waals surface area contributed by atoms with Crippen molar-refractivity contribution in [2.24, 2.45) is 0 Å². The van der Waals surface area contributed by atoms with Crippen LogP contribution in [0.15, 0.2) is 48.8 Å². The Balaban J connectivity index is 1.65. The third-order valence-electron chi connectivity index (χ3n) is 3.26. The number of thiazole rings is 1. The molecule has 3 aromatic rings. The fourth-order valence-corrected chi connectivity index (χ4v) is 3.79. The minimum absolute atomic E-state index is 0.0823. The van der Waals surface area contributed by atoms with Gasteiger partial charge in [-0.2, -0.15) is 0 Å². The lowest BCUT2D eigenvalue weighted by Crippen LogP contribution is -2.24. The third-order valence-corrected chi connectivity index (χ3v) is 4.90. The highest BCUT2D eigenvalue weighted by Gasteiger charge is 2.14. The molecule has 4 nitrogen and oxygen atoms in total. The SMILES string of the molecule is O=C(Cc1cnc(-c2c(Cl)cccc2Cl)s1)NCc1ccccn1. The van der Waals surface area contributed by atoms with Crippen LogP contribution in [0.2, 0.25) is 10.0 Å². The molecule has 1 amide bonds. The molecule has 3 rings (SSSR count). The van der Waals surface area contributed by atoms with Crippen molar-refractivity contribution in [2.45, 2.75) is 13.0 Å². The fraction of sp³-hybridized carbons (Fsp3) is 0.118. The Bertz CT molecular complexity index is 832. The van der Waals surface area contributed by atoms with E-state index >= 15 is 0 Å². The number of carbonyl (C=O) groups is 1. The molecular weight excluding hydrogens is 365 g/mol. The van der Waals surface area contributed by atoms with Gasteiger partial charge in [-0.1, -0.05) is 35.3 Å². The lowest BCUT2D eigenvalue weighted by molar-refractivity contribution is -0.120. The van der Waals surface area contributed by atoms with Gasteiger partial charge in [0.25, 0.3) is 0 Å². The average molecular weight is 378 g/mol. The van der Waals surface area contributed by atoms with E-state index in [1.54, 1.807) is 30.6 Å². The van der Waals surface area contributed by atoms with E-state index in [1.807, 2.05) is 18.2 Å². The lowest BCUT2D eigenvalue weighted by Gasteiger charge is -2.03. The molecule has 2 aromatic heterocycles. The second-order valence-electron chi connectivity index (χ2n) is 5.00. The van der Waals surface area contributed by atoms with Crippen molar-refractivity contribution in [1.82, 2.24) is 15.3 Å². The zero-order valence-corrected chi connectivity index (χ0v) is 14.8. The van der Waals surface area contributed by atoms with Gasteiger partial charge in [0.05, 0.1) is 28.7 Å².